The van der Waals surface area contributed by atoms with Gasteiger partial charge in [0.1, 0.15) is 5.60 Å². The van der Waals surface area contributed by atoms with Gasteiger partial charge in [-0.15, -0.1) is 0 Å². The minimum absolute atomic E-state index is 0.0167. The van der Waals surface area contributed by atoms with Crippen LogP contribution in [0.2, 0.25) is 5.02 Å². The van der Waals surface area contributed by atoms with Gasteiger partial charge in [0.2, 0.25) is 11.8 Å². The van der Waals surface area contributed by atoms with Crippen molar-refractivity contribution < 1.29 is 19.1 Å². The molecule has 1 aromatic carbocycles. The van der Waals surface area contributed by atoms with Gasteiger partial charge >= 0.3 is 6.09 Å². The standard InChI is InChI=1S/C23H32ClN3O4/c1-23(2,3)31-22(30)25-12-9-21(29)27-13-10-18(11-14-27)16-26-20(28)8-7-17-5-4-6-19(24)15-17/h4-8,15,18H,9-14,16H2,1-3H3,(H,25,30)(H,26,28)/b8-7+. The van der Waals surface area contributed by atoms with Crippen molar-refractivity contribution in [1.29, 1.82) is 0 Å². The molecule has 31 heavy (non-hydrogen) atoms. The molecule has 2 rings (SSSR count). The molecule has 1 heterocycles. The number of hydrogen-bond acceptors (Lipinski definition) is 4. The molecule has 8 heteroatoms. The molecule has 2 N–H and O–H groups in total. The molecule has 0 spiro atoms. The number of piperidine rings is 1. The Balaban J connectivity index is 1.62. The van der Waals surface area contributed by atoms with Crippen molar-refractivity contribution in [1.82, 2.24) is 15.5 Å². The third-order valence-corrected chi connectivity index (χ3v) is 5.05. The third-order valence-electron chi connectivity index (χ3n) is 4.82. The zero-order chi connectivity index (χ0) is 22.9. The first-order chi connectivity index (χ1) is 14.6. The maximum Gasteiger partial charge on any atom is 0.407 e. The lowest BCUT2D eigenvalue weighted by atomic mass is 9.96. The van der Waals surface area contributed by atoms with Crippen molar-refractivity contribution in [2.75, 3.05) is 26.2 Å². The Morgan fingerprint density at radius 1 is 1.19 bits per heavy atom. The average Bonchev–Trinajstić information content (AvgIpc) is 2.69. The number of carbonyl (C=O) groups is 3. The molecule has 0 aliphatic carbocycles. The first-order valence-corrected chi connectivity index (χ1v) is 11.0. The highest BCUT2D eigenvalue weighted by Crippen LogP contribution is 2.17. The van der Waals surface area contributed by atoms with Crippen molar-refractivity contribution in [2.45, 2.75) is 45.6 Å². The van der Waals surface area contributed by atoms with E-state index in [-0.39, 0.29) is 24.8 Å². The molecule has 170 valence electrons. The fourth-order valence-corrected chi connectivity index (χ4v) is 3.42. The summed E-state index contributed by atoms with van der Waals surface area (Å²) in [4.78, 5) is 37.8. The van der Waals surface area contributed by atoms with Crippen LogP contribution in [0, 0.1) is 5.92 Å². The predicted molar refractivity (Wildman–Crippen MR) is 122 cm³/mol. The van der Waals surface area contributed by atoms with Crippen LogP contribution in [0.1, 0.15) is 45.6 Å². The minimum atomic E-state index is -0.559. The lowest BCUT2D eigenvalue weighted by Crippen LogP contribution is -2.42. The molecule has 7 nitrogen and oxygen atoms in total. The van der Waals surface area contributed by atoms with Crippen LogP contribution in [0.3, 0.4) is 0 Å². The van der Waals surface area contributed by atoms with E-state index in [0.29, 0.717) is 30.6 Å². The Labute approximate surface area is 189 Å². The lowest BCUT2D eigenvalue weighted by molar-refractivity contribution is -0.132. The largest absolute Gasteiger partial charge is 0.444 e. The highest BCUT2D eigenvalue weighted by molar-refractivity contribution is 6.30. The van der Waals surface area contributed by atoms with Crippen molar-refractivity contribution >= 4 is 35.6 Å². The van der Waals surface area contributed by atoms with Gasteiger partial charge in [-0.2, -0.15) is 0 Å². The molecule has 1 aliphatic heterocycles. The SMILES string of the molecule is CC(C)(C)OC(=O)NCCC(=O)N1CCC(CNC(=O)/C=C/c2cccc(Cl)c2)CC1. The van der Waals surface area contributed by atoms with Gasteiger partial charge in [-0.25, -0.2) is 4.79 Å². The first kappa shape index (κ1) is 24.7. The average molecular weight is 450 g/mol. The number of hydrogen-bond donors (Lipinski definition) is 2. The van der Waals surface area contributed by atoms with E-state index in [1.807, 2.05) is 17.0 Å². The van der Waals surface area contributed by atoms with Crippen molar-refractivity contribution in [3.8, 4) is 0 Å². The Morgan fingerprint density at radius 3 is 2.55 bits per heavy atom. The van der Waals surface area contributed by atoms with Crippen molar-refractivity contribution in [3.63, 3.8) is 0 Å². The van der Waals surface area contributed by atoms with Gasteiger partial charge in [0.25, 0.3) is 0 Å². The van der Waals surface area contributed by atoms with Gasteiger partial charge in [0.15, 0.2) is 0 Å². The van der Waals surface area contributed by atoms with Gasteiger partial charge < -0.3 is 20.3 Å². The summed E-state index contributed by atoms with van der Waals surface area (Å²) < 4.78 is 5.15. The Morgan fingerprint density at radius 2 is 1.90 bits per heavy atom. The number of halogens is 1. The number of nitrogens with one attached hydrogen (secondary N) is 2. The summed E-state index contributed by atoms with van der Waals surface area (Å²) >= 11 is 5.94. The van der Waals surface area contributed by atoms with E-state index >= 15 is 0 Å². The third kappa shape index (κ3) is 9.87. The second-order valence-electron chi connectivity index (χ2n) is 8.64. The summed E-state index contributed by atoms with van der Waals surface area (Å²) in [5.41, 5.74) is 0.312. The van der Waals surface area contributed by atoms with Gasteiger partial charge in [0, 0.05) is 43.7 Å². The van der Waals surface area contributed by atoms with E-state index in [1.54, 1.807) is 39.0 Å². The quantitative estimate of drug-likeness (QED) is 0.622. The van der Waals surface area contributed by atoms with Gasteiger partial charge in [0.05, 0.1) is 0 Å². The van der Waals surface area contributed by atoms with Crippen LogP contribution >= 0.6 is 11.6 Å². The molecule has 0 bridgehead atoms. The molecular weight excluding hydrogens is 418 g/mol. The summed E-state index contributed by atoms with van der Waals surface area (Å²) in [6.07, 6.45) is 4.64. The van der Waals surface area contributed by atoms with E-state index < -0.39 is 11.7 Å². The predicted octanol–water partition coefficient (Wildman–Crippen LogP) is 3.62. The van der Waals surface area contributed by atoms with Crippen LogP contribution in [0.25, 0.3) is 6.08 Å². The zero-order valence-corrected chi connectivity index (χ0v) is 19.2. The lowest BCUT2D eigenvalue weighted by Gasteiger charge is -2.32. The Kier molecular flexibility index (Phi) is 9.37. The summed E-state index contributed by atoms with van der Waals surface area (Å²) in [5.74, 6) is 0.210. The maximum atomic E-state index is 12.3. The van der Waals surface area contributed by atoms with Crippen LogP contribution in [0.5, 0.6) is 0 Å². The second kappa shape index (κ2) is 11.7. The number of benzene rings is 1. The molecule has 0 unspecified atom stereocenters. The van der Waals surface area contributed by atoms with Crippen LogP contribution in [0.15, 0.2) is 30.3 Å². The molecule has 1 aliphatic rings. The van der Waals surface area contributed by atoms with E-state index in [2.05, 4.69) is 10.6 Å². The van der Waals surface area contributed by atoms with Crippen molar-refractivity contribution in [3.05, 3.63) is 40.9 Å². The molecule has 3 amide bonds. The fourth-order valence-electron chi connectivity index (χ4n) is 3.22. The first-order valence-electron chi connectivity index (χ1n) is 10.6. The highest BCUT2D eigenvalue weighted by atomic mass is 35.5. The van der Waals surface area contributed by atoms with E-state index in [1.165, 1.54) is 6.08 Å². The summed E-state index contributed by atoms with van der Waals surface area (Å²) in [6, 6.07) is 7.29. The number of nitrogens with zero attached hydrogens (tertiary/aromatic N) is 1. The van der Waals surface area contributed by atoms with Gasteiger partial charge in [-0.05, 0) is 63.3 Å². The van der Waals surface area contributed by atoms with Crippen LogP contribution in [0.4, 0.5) is 4.79 Å². The molecule has 1 aromatic rings. The summed E-state index contributed by atoms with van der Waals surface area (Å²) in [5, 5.41) is 6.16. The minimum Gasteiger partial charge on any atom is -0.444 e. The molecule has 1 fully saturated rings. The number of rotatable bonds is 7. The number of ether oxygens (including phenoxy) is 1. The number of amides is 3. The van der Waals surface area contributed by atoms with Crippen molar-refractivity contribution in [2.24, 2.45) is 5.92 Å². The van der Waals surface area contributed by atoms with E-state index in [9.17, 15) is 14.4 Å². The maximum absolute atomic E-state index is 12.3. The Bertz CT molecular complexity index is 796. The van der Waals surface area contributed by atoms with Crippen LogP contribution in [-0.2, 0) is 14.3 Å². The van der Waals surface area contributed by atoms with Gasteiger partial charge in [-0.1, -0.05) is 23.7 Å². The second-order valence-corrected chi connectivity index (χ2v) is 9.07. The van der Waals surface area contributed by atoms with E-state index in [4.69, 9.17) is 16.3 Å². The van der Waals surface area contributed by atoms with Gasteiger partial charge in [-0.3, -0.25) is 9.59 Å². The molecule has 0 aromatic heterocycles. The summed E-state index contributed by atoms with van der Waals surface area (Å²) in [6.45, 7) is 7.53. The summed E-state index contributed by atoms with van der Waals surface area (Å²) in [7, 11) is 0. The number of alkyl carbamates (subject to hydrolysis) is 1. The van der Waals surface area contributed by atoms with Crippen LogP contribution in [-0.4, -0.2) is 54.6 Å². The topological polar surface area (TPSA) is 87.7 Å². The van der Waals surface area contributed by atoms with Crippen LogP contribution < -0.4 is 10.6 Å². The molecule has 0 saturated carbocycles. The molecule has 1 saturated heterocycles. The van der Waals surface area contributed by atoms with E-state index in [0.717, 1.165) is 18.4 Å². The molecular formula is C23H32ClN3O4. The highest BCUT2D eigenvalue weighted by Gasteiger charge is 2.23. The monoisotopic (exact) mass is 449 g/mol. The Hall–Kier alpha value is -2.54. The molecule has 0 atom stereocenters. The number of likely N-dealkylation sites (tertiary alicyclic amines) is 1. The smallest absolute Gasteiger partial charge is 0.407 e. The number of carbonyl (C=O) groups excluding carboxylic acids is 3. The normalized spacial score (nSPS) is 15.0. The molecule has 0 radical (unpaired) electrons. The zero-order valence-electron chi connectivity index (χ0n) is 18.4. The fraction of sp³-hybridized carbons (Fsp3) is 0.522.